The SMILES string of the molecule is CC(=O)N1CCN(c2nc3c(c(N4CCCC4c4ccncc4)n2)CN(C(C)C)C3=O)CC1. The minimum Gasteiger partial charge on any atom is -0.349 e. The average Bonchev–Trinajstić information content (AvgIpc) is 3.44. The Morgan fingerprint density at radius 3 is 2.45 bits per heavy atom. The summed E-state index contributed by atoms with van der Waals surface area (Å²) in [6.45, 7) is 9.71. The van der Waals surface area contributed by atoms with Gasteiger partial charge in [-0.1, -0.05) is 0 Å². The number of fused-ring (bicyclic) bond motifs is 1. The maximum Gasteiger partial charge on any atom is 0.273 e. The number of carbonyl (C=O) groups is 2. The van der Waals surface area contributed by atoms with Crippen LogP contribution in [0.25, 0.3) is 0 Å². The van der Waals surface area contributed by atoms with Crippen LogP contribution in [-0.4, -0.2) is 75.3 Å². The van der Waals surface area contributed by atoms with Crippen LogP contribution in [0.4, 0.5) is 11.8 Å². The van der Waals surface area contributed by atoms with Gasteiger partial charge in [0.15, 0.2) is 0 Å². The number of amides is 2. The summed E-state index contributed by atoms with van der Waals surface area (Å²) in [5, 5.41) is 0. The van der Waals surface area contributed by atoms with Crippen LogP contribution in [0, 0.1) is 0 Å². The molecule has 1 atom stereocenters. The fraction of sp³-hybridized carbons (Fsp3) is 0.542. The van der Waals surface area contributed by atoms with E-state index in [1.807, 2.05) is 36.0 Å². The highest BCUT2D eigenvalue weighted by molar-refractivity contribution is 5.98. The average molecular weight is 450 g/mol. The molecule has 0 aromatic carbocycles. The van der Waals surface area contributed by atoms with E-state index in [9.17, 15) is 9.59 Å². The quantitative estimate of drug-likeness (QED) is 0.708. The normalized spacial score (nSPS) is 20.7. The molecular weight excluding hydrogens is 418 g/mol. The van der Waals surface area contributed by atoms with Gasteiger partial charge in [-0.15, -0.1) is 0 Å². The van der Waals surface area contributed by atoms with E-state index in [4.69, 9.17) is 9.97 Å². The largest absolute Gasteiger partial charge is 0.349 e. The van der Waals surface area contributed by atoms with E-state index in [-0.39, 0.29) is 23.9 Å². The third kappa shape index (κ3) is 3.89. The highest BCUT2D eigenvalue weighted by atomic mass is 16.2. The fourth-order valence-electron chi connectivity index (χ4n) is 5.13. The zero-order valence-corrected chi connectivity index (χ0v) is 19.6. The maximum atomic E-state index is 13.3. The number of hydrogen-bond donors (Lipinski definition) is 0. The predicted octanol–water partition coefficient (Wildman–Crippen LogP) is 2.25. The van der Waals surface area contributed by atoms with E-state index < -0.39 is 0 Å². The Morgan fingerprint density at radius 2 is 1.79 bits per heavy atom. The molecule has 9 heteroatoms. The van der Waals surface area contributed by atoms with Crippen molar-refractivity contribution in [2.75, 3.05) is 42.5 Å². The van der Waals surface area contributed by atoms with E-state index in [0.717, 1.165) is 30.8 Å². The lowest BCUT2D eigenvalue weighted by Gasteiger charge is -2.35. The summed E-state index contributed by atoms with van der Waals surface area (Å²) in [5.74, 6) is 1.53. The molecule has 9 nitrogen and oxygen atoms in total. The van der Waals surface area contributed by atoms with Gasteiger partial charge in [0.25, 0.3) is 5.91 Å². The number of anilines is 2. The minimum absolute atomic E-state index is 0.0214. The first-order valence-corrected chi connectivity index (χ1v) is 11.8. The summed E-state index contributed by atoms with van der Waals surface area (Å²) in [6, 6.07) is 4.43. The first-order valence-electron chi connectivity index (χ1n) is 11.8. The predicted molar refractivity (Wildman–Crippen MR) is 125 cm³/mol. The highest BCUT2D eigenvalue weighted by Gasteiger charge is 2.39. The smallest absolute Gasteiger partial charge is 0.273 e. The molecule has 2 aromatic rings. The van der Waals surface area contributed by atoms with Gasteiger partial charge in [0.05, 0.1) is 12.6 Å². The molecule has 2 saturated heterocycles. The van der Waals surface area contributed by atoms with Crippen molar-refractivity contribution in [3.63, 3.8) is 0 Å². The molecule has 0 saturated carbocycles. The van der Waals surface area contributed by atoms with Crippen LogP contribution in [0.2, 0.25) is 0 Å². The highest BCUT2D eigenvalue weighted by Crippen LogP contribution is 2.40. The fourth-order valence-corrected chi connectivity index (χ4v) is 5.13. The van der Waals surface area contributed by atoms with Crippen molar-refractivity contribution in [3.8, 4) is 0 Å². The summed E-state index contributed by atoms with van der Waals surface area (Å²) in [7, 11) is 0. The van der Waals surface area contributed by atoms with Crippen LogP contribution in [0.15, 0.2) is 24.5 Å². The molecule has 1 unspecified atom stereocenters. The van der Waals surface area contributed by atoms with Gasteiger partial charge in [0.1, 0.15) is 11.5 Å². The first kappa shape index (κ1) is 21.6. The Balaban J connectivity index is 1.54. The van der Waals surface area contributed by atoms with Gasteiger partial charge in [0, 0.05) is 63.6 Å². The molecule has 2 amide bonds. The third-order valence-corrected chi connectivity index (χ3v) is 7.01. The maximum absolute atomic E-state index is 13.3. The third-order valence-electron chi connectivity index (χ3n) is 7.01. The van der Waals surface area contributed by atoms with E-state index in [1.165, 1.54) is 5.56 Å². The van der Waals surface area contributed by atoms with Crippen LogP contribution in [0.3, 0.4) is 0 Å². The standard InChI is InChI=1S/C24H31N7O2/c1-16(2)31-15-19-21(23(31)33)26-24(29-13-11-28(12-14-29)17(3)32)27-22(19)30-10-4-5-20(30)18-6-8-25-9-7-18/h6-9,16,20H,4-5,10-15H2,1-3H3. The van der Waals surface area contributed by atoms with E-state index in [1.54, 1.807) is 6.92 Å². The molecule has 0 radical (unpaired) electrons. The summed E-state index contributed by atoms with van der Waals surface area (Å²) >= 11 is 0. The topological polar surface area (TPSA) is 85.8 Å². The zero-order valence-electron chi connectivity index (χ0n) is 19.6. The van der Waals surface area contributed by atoms with Gasteiger partial charge >= 0.3 is 0 Å². The molecule has 0 N–H and O–H groups in total. The first-order chi connectivity index (χ1) is 15.9. The van der Waals surface area contributed by atoms with Crippen molar-refractivity contribution in [1.29, 1.82) is 0 Å². The number of hydrogen-bond acceptors (Lipinski definition) is 7. The lowest BCUT2D eigenvalue weighted by atomic mass is 10.1. The molecule has 2 fully saturated rings. The Bertz CT molecular complexity index is 1050. The molecule has 2 aromatic heterocycles. The lowest BCUT2D eigenvalue weighted by molar-refractivity contribution is -0.129. The van der Waals surface area contributed by atoms with Gasteiger partial charge < -0.3 is 19.6 Å². The molecule has 33 heavy (non-hydrogen) atoms. The number of carbonyl (C=O) groups excluding carboxylic acids is 2. The Morgan fingerprint density at radius 1 is 1.06 bits per heavy atom. The van der Waals surface area contributed by atoms with Crippen molar-refractivity contribution < 1.29 is 9.59 Å². The van der Waals surface area contributed by atoms with Crippen LogP contribution in [-0.2, 0) is 11.3 Å². The number of piperazine rings is 1. The molecule has 174 valence electrons. The zero-order chi connectivity index (χ0) is 23.1. The Labute approximate surface area is 194 Å². The second-order valence-corrected chi connectivity index (χ2v) is 9.33. The van der Waals surface area contributed by atoms with Gasteiger partial charge in [-0.3, -0.25) is 14.6 Å². The molecule has 0 bridgehead atoms. The van der Waals surface area contributed by atoms with Gasteiger partial charge in [-0.25, -0.2) is 4.98 Å². The minimum atomic E-state index is -0.0214. The van der Waals surface area contributed by atoms with E-state index >= 15 is 0 Å². The Hall–Kier alpha value is -3.23. The summed E-state index contributed by atoms with van der Waals surface area (Å²) in [6.07, 6.45) is 5.78. The van der Waals surface area contributed by atoms with Crippen molar-refractivity contribution >= 4 is 23.6 Å². The summed E-state index contributed by atoms with van der Waals surface area (Å²) in [4.78, 5) is 47.2. The van der Waals surface area contributed by atoms with Crippen molar-refractivity contribution in [2.45, 2.75) is 52.2 Å². The number of aromatic nitrogens is 3. The molecule has 3 aliphatic rings. The number of nitrogens with zero attached hydrogens (tertiary/aromatic N) is 7. The van der Waals surface area contributed by atoms with Crippen LogP contribution in [0.1, 0.15) is 61.3 Å². The van der Waals surface area contributed by atoms with Crippen molar-refractivity contribution in [1.82, 2.24) is 24.8 Å². The van der Waals surface area contributed by atoms with Gasteiger partial charge in [-0.2, -0.15) is 4.98 Å². The van der Waals surface area contributed by atoms with Crippen molar-refractivity contribution in [3.05, 3.63) is 41.3 Å². The van der Waals surface area contributed by atoms with E-state index in [0.29, 0.717) is 44.4 Å². The molecular formula is C24H31N7O2. The summed E-state index contributed by atoms with van der Waals surface area (Å²) < 4.78 is 0. The lowest BCUT2D eigenvalue weighted by Crippen LogP contribution is -2.48. The van der Waals surface area contributed by atoms with Crippen LogP contribution < -0.4 is 9.80 Å². The summed E-state index contributed by atoms with van der Waals surface area (Å²) in [5.41, 5.74) is 2.68. The van der Waals surface area contributed by atoms with Gasteiger partial charge in [-0.05, 0) is 44.4 Å². The Kier molecular flexibility index (Phi) is 5.64. The van der Waals surface area contributed by atoms with Gasteiger partial charge in [0.2, 0.25) is 11.9 Å². The molecule has 3 aliphatic heterocycles. The van der Waals surface area contributed by atoms with Crippen molar-refractivity contribution in [2.24, 2.45) is 0 Å². The molecule has 0 spiro atoms. The monoisotopic (exact) mass is 449 g/mol. The van der Waals surface area contributed by atoms with E-state index in [2.05, 4.69) is 26.9 Å². The van der Waals surface area contributed by atoms with Crippen LogP contribution >= 0.6 is 0 Å². The second-order valence-electron chi connectivity index (χ2n) is 9.33. The number of rotatable bonds is 4. The molecule has 5 rings (SSSR count). The van der Waals surface area contributed by atoms with Crippen LogP contribution in [0.5, 0.6) is 0 Å². The second kappa shape index (κ2) is 8.61. The molecule has 0 aliphatic carbocycles. The molecule has 5 heterocycles. The number of pyridine rings is 1.